The molecule has 5 heteroatoms. The zero-order valence-corrected chi connectivity index (χ0v) is 10.2. The number of thiophene rings is 1. The Bertz CT molecular complexity index is 511. The monoisotopic (exact) mass is 264 g/mol. The van der Waals surface area contributed by atoms with Gasteiger partial charge in [0.05, 0.1) is 10.5 Å². The van der Waals surface area contributed by atoms with Gasteiger partial charge in [-0.1, -0.05) is 26.0 Å². The molecule has 0 N–H and O–H groups in total. The molecule has 94 valence electrons. The number of alkyl halides is 3. The van der Waals surface area contributed by atoms with Crippen LogP contribution in [0.3, 0.4) is 0 Å². The summed E-state index contributed by atoms with van der Waals surface area (Å²) in [7, 11) is -1.73. The number of hydrogen-bond acceptors (Lipinski definition) is 0. The van der Waals surface area contributed by atoms with Crippen molar-refractivity contribution in [3.63, 3.8) is 0 Å². The van der Waals surface area contributed by atoms with Gasteiger partial charge >= 0.3 is 5.51 Å². The molecule has 0 spiro atoms. The van der Waals surface area contributed by atoms with Crippen molar-refractivity contribution in [3.05, 3.63) is 35.2 Å². The molecule has 0 amide bonds. The summed E-state index contributed by atoms with van der Waals surface area (Å²) >= 11 is 0. The molecule has 2 rings (SSSR count). The number of benzene rings is 1. The minimum Gasteiger partial charge on any atom is -1.00 e. The van der Waals surface area contributed by atoms with E-state index in [-0.39, 0.29) is 10.6 Å². The zero-order chi connectivity index (χ0) is 11.9. The van der Waals surface area contributed by atoms with Crippen LogP contribution in [0.5, 0.6) is 0 Å². The molecule has 0 fully saturated rings. The van der Waals surface area contributed by atoms with E-state index in [1.807, 2.05) is 13.8 Å². The lowest BCUT2D eigenvalue weighted by molar-refractivity contribution is -0.0868. The first-order valence-corrected chi connectivity index (χ1v) is 6.25. The molecule has 0 aliphatic heterocycles. The minimum absolute atomic E-state index is 0. The quantitative estimate of drug-likeness (QED) is 0.547. The summed E-state index contributed by atoms with van der Waals surface area (Å²) in [5.41, 5.74) is -4.16. The molecule has 0 aliphatic carbocycles. The maximum Gasteiger partial charge on any atom is 0.600 e. The van der Waals surface area contributed by atoms with Gasteiger partial charge in [-0.3, -0.25) is 0 Å². The number of hydrogen-bond donors (Lipinski definition) is 0. The van der Waals surface area contributed by atoms with Gasteiger partial charge in [-0.25, -0.2) is 0 Å². The van der Waals surface area contributed by atoms with Gasteiger partial charge in [0.1, 0.15) is 0 Å². The first-order chi connectivity index (χ1) is 7.41. The molecule has 2 aromatic rings. The lowest BCUT2D eigenvalue weighted by atomic mass is 10.1. The second-order valence-electron chi connectivity index (χ2n) is 3.99. The third-order valence-corrected chi connectivity index (χ3v) is 4.81. The molecule has 0 aliphatic rings. The molecule has 0 saturated heterocycles. The summed E-state index contributed by atoms with van der Waals surface area (Å²) in [5.74, 6) is -0.0719. The molecular weight excluding hydrogens is 252 g/mol. The highest BCUT2D eigenvalue weighted by Gasteiger charge is 2.48. The lowest BCUT2D eigenvalue weighted by Gasteiger charge is -2.01. The van der Waals surface area contributed by atoms with Crippen molar-refractivity contribution < 1.29 is 17.9 Å². The normalized spacial score (nSPS) is 12.9. The van der Waals surface area contributed by atoms with Crippen LogP contribution in [0.15, 0.2) is 30.3 Å². The summed E-state index contributed by atoms with van der Waals surface area (Å²) in [4.78, 5) is 0.494. The van der Waals surface area contributed by atoms with E-state index in [0.29, 0.717) is 15.0 Å². The first-order valence-electron chi connectivity index (χ1n) is 5.03. The van der Waals surface area contributed by atoms with Gasteiger partial charge < -0.3 is 4.70 Å². The van der Waals surface area contributed by atoms with Crippen LogP contribution in [-0.2, 0) is 5.51 Å². The van der Waals surface area contributed by atoms with E-state index in [4.69, 9.17) is 0 Å². The van der Waals surface area contributed by atoms with Crippen molar-refractivity contribution in [1.82, 2.24) is 0 Å². The summed E-state index contributed by atoms with van der Waals surface area (Å²) in [5, 5.41) is 0.715. The Morgan fingerprint density at radius 1 is 1.12 bits per heavy atom. The molecule has 1 aromatic carbocycles. The average molecular weight is 264 g/mol. The molecule has 0 nitrogen and oxygen atoms in total. The van der Waals surface area contributed by atoms with Crippen molar-refractivity contribution in [2.75, 3.05) is 0 Å². The van der Waals surface area contributed by atoms with Crippen LogP contribution < -0.4 is 4.70 Å². The summed E-state index contributed by atoms with van der Waals surface area (Å²) < 4.78 is 39.5. The van der Waals surface area contributed by atoms with Gasteiger partial charge in [-0.2, -0.15) is 0 Å². The van der Waals surface area contributed by atoms with Gasteiger partial charge in [0.2, 0.25) is 0 Å². The third-order valence-electron chi connectivity index (χ3n) is 2.47. The molecule has 0 bridgehead atoms. The zero-order valence-electron chi connectivity index (χ0n) is 9.38. The van der Waals surface area contributed by atoms with E-state index < -0.39 is 16.0 Å². The summed E-state index contributed by atoms with van der Waals surface area (Å²) in [6, 6.07) is 8.46. The molecule has 1 heterocycles. The number of rotatable bonds is 1. The smallest absolute Gasteiger partial charge is 0.600 e. The summed E-state index contributed by atoms with van der Waals surface area (Å²) in [6.07, 6.45) is 0. The molecule has 1 aromatic heterocycles. The Hall–Kier alpha value is -1.10. The van der Waals surface area contributed by atoms with Crippen molar-refractivity contribution in [1.29, 1.82) is 0 Å². The van der Waals surface area contributed by atoms with Crippen molar-refractivity contribution in [3.8, 4) is 0 Å². The second-order valence-corrected chi connectivity index (χ2v) is 5.98. The Morgan fingerprint density at radius 2 is 1.71 bits per heavy atom. The third kappa shape index (κ3) is 2.44. The van der Waals surface area contributed by atoms with Crippen molar-refractivity contribution in [2.45, 2.75) is 25.3 Å². The van der Waals surface area contributed by atoms with Gasteiger partial charge in [0.25, 0.3) is 0 Å². The molecule has 1 unspecified atom stereocenters. The van der Waals surface area contributed by atoms with E-state index >= 15 is 0 Å². The SMILES string of the molecule is CC(C)c1cc2ccccc2[s+]1C(F)(F)F.[F-]. The fraction of sp³-hybridized carbons (Fsp3) is 0.333. The predicted octanol–water partition coefficient (Wildman–Crippen LogP) is 2.19. The highest BCUT2D eigenvalue weighted by Crippen LogP contribution is 2.52. The number of halogens is 4. The molecular formula is C12H12F4S. The van der Waals surface area contributed by atoms with E-state index in [0.717, 1.165) is 0 Å². The van der Waals surface area contributed by atoms with Gasteiger partial charge in [0, 0.05) is 17.4 Å². The van der Waals surface area contributed by atoms with Crippen molar-refractivity contribution >= 4 is 20.6 Å². The van der Waals surface area contributed by atoms with Crippen LogP contribution >= 0.6 is 10.5 Å². The molecule has 1 atom stereocenters. The van der Waals surface area contributed by atoms with Crippen molar-refractivity contribution in [2.24, 2.45) is 0 Å². The van der Waals surface area contributed by atoms with Crippen LogP contribution in [0.2, 0.25) is 0 Å². The van der Waals surface area contributed by atoms with E-state index in [9.17, 15) is 13.2 Å². The standard InChI is InChI=1S/C12H12F3S.FH/c1-8(2)11-7-9-5-3-4-6-10(9)16(11)12(13,14)15;/h3-8H,1-2H3;1H/q+1;/p-1. The fourth-order valence-electron chi connectivity index (χ4n) is 1.79. The fourth-order valence-corrected chi connectivity index (χ4v) is 3.85. The maximum absolute atomic E-state index is 13.0. The van der Waals surface area contributed by atoms with Gasteiger partial charge in [-0.15, -0.1) is 13.2 Å². The molecule has 17 heavy (non-hydrogen) atoms. The van der Waals surface area contributed by atoms with E-state index in [1.54, 1.807) is 30.3 Å². The highest BCUT2D eigenvalue weighted by molar-refractivity contribution is 7.38. The highest BCUT2D eigenvalue weighted by atomic mass is 32.2. The van der Waals surface area contributed by atoms with Crippen LogP contribution in [-0.4, -0.2) is 0 Å². The summed E-state index contributed by atoms with van der Waals surface area (Å²) in [6.45, 7) is 3.62. The second kappa shape index (κ2) is 4.64. The van der Waals surface area contributed by atoms with E-state index in [2.05, 4.69) is 0 Å². The Morgan fingerprint density at radius 3 is 2.24 bits per heavy atom. The topological polar surface area (TPSA) is 0 Å². The largest absolute Gasteiger partial charge is 1.00 e. The van der Waals surface area contributed by atoms with Crippen LogP contribution in [0.25, 0.3) is 10.1 Å². The molecule has 0 saturated carbocycles. The maximum atomic E-state index is 13.0. The Kier molecular flexibility index (Phi) is 3.81. The van der Waals surface area contributed by atoms with Gasteiger partial charge in [-0.05, 0) is 12.1 Å². The Balaban J connectivity index is 0.00000144. The number of fused-ring (bicyclic) bond motifs is 1. The van der Waals surface area contributed by atoms with E-state index in [1.165, 1.54) is 0 Å². The van der Waals surface area contributed by atoms with Gasteiger partial charge in [0.15, 0.2) is 9.58 Å². The minimum atomic E-state index is -4.16. The first kappa shape index (κ1) is 14.0. The lowest BCUT2D eigenvalue weighted by Crippen LogP contribution is -3.00. The van der Waals surface area contributed by atoms with Crippen LogP contribution in [0.1, 0.15) is 24.6 Å². The average Bonchev–Trinajstić information content (AvgIpc) is 2.55. The molecule has 0 radical (unpaired) electrons. The van der Waals surface area contributed by atoms with Crippen LogP contribution in [0, 0.1) is 0 Å². The van der Waals surface area contributed by atoms with Crippen LogP contribution in [0.4, 0.5) is 13.2 Å². The Labute approximate surface area is 99.4 Å². The predicted molar refractivity (Wildman–Crippen MR) is 61.8 cm³/mol.